The van der Waals surface area contributed by atoms with Gasteiger partial charge in [0.15, 0.2) is 0 Å². The minimum atomic E-state index is -0.698. The quantitative estimate of drug-likeness (QED) is 0.683. The molecule has 0 saturated carbocycles. The largest absolute Gasteiger partial charge is 0.444 e. The maximum atomic E-state index is 12.1. The summed E-state index contributed by atoms with van der Waals surface area (Å²) in [4.78, 5) is 12.1. The number of aliphatic hydroxyl groups is 1. The fourth-order valence-electron chi connectivity index (χ4n) is 2.27. The number of ether oxygens (including phenoxy) is 1. The van der Waals surface area contributed by atoms with Crippen LogP contribution >= 0.6 is 0 Å². The van der Waals surface area contributed by atoms with Crippen LogP contribution in [-0.2, 0) is 11.2 Å². The second-order valence-corrected chi connectivity index (χ2v) is 7.56. The summed E-state index contributed by atoms with van der Waals surface area (Å²) >= 11 is 0. The predicted octanol–water partition coefficient (Wildman–Crippen LogP) is 2.73. The van der Waals surface area contributed by atoms with Crippen LogP contribution in [0.4, 0.5) is 4.79 Å². The number of rotatable bonds is 8. The molecule has 0 heterocycles. The second-order valence-electron chi connectivity index (χ2n) is 7.56. The lowest BCUT2D eigenvalue weighted by molar-refractivity contribution is 0.0422. The topological polar surface area (TPSA) is 70.6 Å². The lowest BCUT2D eigenvalue weighted by Crippen LogP contribution is -2.50. The van der Waals surface area contributed by atoms with Gasteiger partial charge in [-0.2, -0.15) is 0 Å². The van der Waals surface area contributed by atoms with E-state index in [1.165, 1.54) is 0 Å². The van der Waals surface area contributed by atoms with E-state index in [2.05, 4.69) is 24.5 Å². The van der Waals surface area contributed by atoms with Gasteiger partial charge in [0, 0.05) is 6.54 Å². The second kappa shape index (κ2) is 9.64. The molecular formula is C19H32N2O3. The summed E-state index contributed by atoms with van der Waals surface area (Å²) in [7, 11) is 0. The van der Waals surface area contributed by atoms with E-state index >= 15 is 0 Å². The Morgan fingerprint density at radius 3 is 2.33 bits per heavy atom. The van der Waals surface area contributed by atoms with Crippen molar-refractivity contribution in [3.63, 3.8) is 0 Å². The Bertz CT molecular complexity index is 483. The van der Waals surface area contributed by atoms with Gasteiger partial charge in [0.1, 0.15) is 5.60 Å². The highest BCUT2D eigenvalue weighted by molar-refractivity contribution is 5.68. The summed E-state index contributed by atoms with van der Waals surface area (Å²) in [6.45, 7) is 10.9. The molecule has 1 rings (SSSR count). The van der Waals surface area contributed by atoms with Crippen LogP contribution in [0.5, 0.6) is 0 Å². The highest BCUT2D eigenvalue weighted by Crippen LogP contribution is 2.10. The zero-order chi connectivity index (χ0) is 18.2. The molecule has 0 spiro atoms. The number of amides is 1. The van der Waals surface area contributed by atoms with E-state index in [0.29, 0.717) is 18.9 Å². The monoisotopic (exact) mass is 336 g/mol. The Kier molecular flexibility index (Phi) is 8.22. The summed E-state index contributed by atoms with van der Waals surface area (Å²) < 4.78 is 5.32. The summed E-state index contributed by atoms with van der Waals surface area (Å²) in [5.74, 6) is 0.503. The maximum Gasteiger partial charge on any atom is 0.407 e. The van der Waals surface area contributed by atoms with Crippen molar-refractivity contribution in [2.75, 3.05) is 13.1 Å². The average Bonchev–Trinajstić information content (AvgIpc) is 2.45. The Balaban J connectivity index is 2.69. The zero-order valence-electron chi connectivity index (χ0n) is 15.5. The number of carbonyl (C=O) groups excluding carboxylic acids is 1. The molecule has 2 unspecified atom stereocenters. The highest BCUT2D eigenvalue weighted by Gasteiger charge is 2.24. The van der Waals surface area contributed by atoms with Gasteiger partial charge in [0.2, 0.25) is 0 Å². The molecule has 136 valence electrons. The van der Waals surface area contributed by atoms with E-state index in [1.807, 2.05) is 51.1 Å². The van der Waals surface area contributed by atoms with Gasteiger partial charge in [0.05, 0.1) is 12.1 Å². The third-order valence-corrected chi connectivity index (χ3v) is 3.37. The molecule has 0 radical (unpaired) electrons. The van der Waals surface area contributed by atoms with Crippen LogP contribution in [0.2, 0.25) is 0 Å². The Morgan fingerprint density at radius 2 is 1.79 bits per heavy atom. The summed E-state index contributed by atoms with van der Waals surface area (Å²) in [5, 5.41) is 16.5. The number of hydrogen-bond acceptors (Lipinski definition) is 4. The van der Waals surface area contributed by atoms with E-state index in [9.17, 15) is 9.90 Å². The highest BCUT2D eigenvalue weighted by atomic mass is 16.6. The number of aliphatic hydroxyl groups excluding tert-OH is 1. The molecule has 24 heavy (non-hydrogen) atoms. The van der Waals surface area contributed by atoms with Crippen LogP contribution < -0.4 is 10.6 Å². The van der Waals surface area contributed by atoms with Crippen LogP contribution in [-0.4, -0.2) is 42.0 Å². The van der Waals surface area contributed by atoms with Gasteiger partial charge in [-0.15, -0.1) is 0 Å². The van der Waals surface area contributed by atoms with Gasteiger partial charge in [-0.3, -0.25) is 0 Å². The predicted molar refractivity (Wildman–Crippen MR) is 97.0 cm³/mol. The molecule has 1 aromatic rings. The lowest BCUT2D eigenvalue weighted by atomic mass is 10.0. The van der Waals surface area contributed by atoms with Crippen molar-refractivity contribution in [3.05, 3.63) is 35.9 Å². The number of hydrogen-bond donors (Lipinski definition) is 3. The SMILES string of the molecule is CC(C)CNCC(O)C(Cc1ccccc1)NC(=O)OC(C)(C)C. The summed E-state index contributed by atoms with van der Waals surface area (Å²) in [6, 6.07) is 9.39. The molecule has 0 aliphatic carbocycles. The summed E-state index contributed by atoms with van der Waals surface area (Å²) in [5.41, 5.74) is 0.490. The lowest BCUT2D eigenvalue weighted by Gasteiger charge is -2.27. The van der Waals surface area contributed by atoms with Gasteiger partial charge in [-0.25, -0.2) is 4.79 Å². The first kappa shape index (κ1) is 20.5. The Labute approximate surface area is 145 Å². The Hall–Kier alpha value is -1.59. The molecule has 0 saturated heterocycles. The molecule has 5 nitrogen and oxygen atoms in total. The summed E-state index contributed by atoms with van der Waals surface area (Å²) in [6.07, 6.45) is -0.659. The smallest absolute Gasteiger partial charge is 0.407 e. The molecule has 3 N–H and O–H groups in total. The van der Waals surface area contributed by atoms with Gasteiger partial charge in [-0.05, 0) is 45.2 Å². The molecule has 0 aliphatic heterocycles. The van der Waals surface area contributed by atoms with Crippen LogP contribution in [0.25, 0.3) is 0 Å². The molecule has 5 heteroatoms. The molecule has 0 aliphatic rings. The van der Waals surface area contributed by atoms with Gasteiger partial charge in [-0.1, -0.05) is 44.2 Å². The first-order valence-electron chi connectivity index (χ1n) is 8.59. The number of nitrogens with one attached hydrogen (secondary N) is 2. The zero-order valence-corrected chi connectivity index (χ0v) is 15.5. The van der Waals surface area contributed by atoms with Crippen LogP contribution in [0.1, 0.15) is 40.2 Å². The minimum Gasteiger partial charge on any atom is -0.444 e. The van der Waals surface area contributed by atoms with Crippen molar-refractivity contribution >= 4 is 6.09 Å². The van der Waals surface area contributed by atoms with Crippen LogP contribution in [0.15, 0.2) is 30.3 Å². The number of alkyl carbamates (subject to hydrolysis) is 1. The Morgan fingerprint density at radius 1 is 1.17 bits per heavy atom. The third kappa shape index (κ3) is 8.89. The fraction of sp³-hybridized carbons (Fsp3) is 0.632. The van der Waals surface area contributed by atoms with E-state index in [4.69, 9.17) is 4.74 Å². The first-order valence-corrected chi connectivity index (χ1v) is 8.59. The van der Waals surface area contributed by atoms with E-state index in [0.717, 1.165) is 12.1 Å². The minimum absolute atomic E-state index is 0.415. The fourth-order valence-corrected chi connectivity index (χ4v) is 2.27. The molecule has 0 bridgehead atoms. The third-order valence-electron chi connectivity index (χ3n) is 3.37. The average molecular weight is 336 g/mol. The number of carbonyl (C=O) groups is 1. The number of benzene rings is 1. The molecular weight excluding hydrogens is 304 g/mol. The molecule has 0 aromatic heterocycles. The van der Waals surface area contributed by atoms with Gasteiger partial charge >= 0.3 is 6.09 Å². The van der Waals surface area contributed by atoms with Gasteiger partial charge in [0.25, 0.3) is 0 Å². The van der Waals surface area contributed by atoms with Crippen LogP contribution in [0, 0.1) is 5.92 Å². The molecule has 1 aromatic carbocycles. The first-order chi connectivity index (χ1) is 11.2. The normalized spacial score (nSPS) is 14.3. The van der Waals surface area contributed by atoms with Crippen molar-refractivity contribution in [1.82, 2.24) is 10.6 Å². The van der Waals surface area contributed by atoms with Crippen molar-refractivity contribution in [2.45, 2.75) is 58.8 Å². The van der Waals surface area contributed by atoms with E-state index in [1.54, 1.807) is 0 Å². The van der Waals surface area contributed by atoms with E-state index in [-0.39, 0.29) is 0 Å². The van der Waals surface area contributed by atoms with Crippen LogP contribution in [0.3, 0.4) is 0 Å². The standard InChI is InChI=1S/C19H32N2O3/c1-14(2)12-20-13-17(22)16(11-15-9-7-6-8-10-15)21-18(23)24-19(3,4)5/h6-10,14,16-17,20,22H,11-13H2,1-5H3,(H,21,23). The van der Waals surface area contributed by atoms with E-state index < -0.39 is 23.8 Å². The molecule has 2 atom stereocenters. The van der Waals surface area contributed by atoms with Crippen molar-refractivity contribution in [1.29, 1.82) is 0 Å². The van der Waals surface area contributed by atoms with Crippen molar-refractivity contribution in [3.8, 4) is 0 Å². The van der Waals surface area contributed by atoms with Crippen molar-refractivity contribution < 1.29 is 14.6 Å². The maximum absolute atomic E-state index is 12.1. The van der Waals surface area contributed by atoms with Gasteiger partial charge < -0.3 is 20.5 Å². The molecule has 0 fully saturated rings. The van der Waals surface area contributed by atoms with Crippen molar-refractivity contribution in [2.24, 2.45) is 5.92 Å². The molecule has 1 amide bonds.